The van der Waals surface area contributed by atoms with Crippen molar-refractivity contribution in [2.24, 2.45) is 0 Å². The van der Waals surface area contributed by atoms with Gasteiger partial charge >= 0.3 is 0 Å². The molecule has 0 bridgehead atoms. The minimum absolute atomic E-state index is 0.967. The van der Waals surface area contributed by atoms with Crippen LogP contribution in [0.15, 0.2) is 0 Å². The fourth-order valence-electron chi connectivity index (χ4n) is 1.56. The molecule has 0 amide bonds. The molecule has 0 spiro atoms. The second-order valence-electron chi connectivity index (χ2n) is 3.23. The molecule has 0 rings (SSSR count). The van der Waals surface area contributed by atoms with E-state index in [1.807, 2.05) is 0 Å². The highest BCUT2D eigenvalue weighted by molar-refractivity contribution is 8.02. The maximum atomic E-state index is 12.0. The third-order valence-electron chi connectivity index (χ3n) is 1.89. The van der Waals surface area contributed by atoms with E-state index in [1.54, 1.807) is 0 Å². The molecule has 0 N–H and O–H groups in total. The van der Waals surface area contributed by atoms with E-state index < -0.39 is 9.93 Å². The van der Waals surface area contributed by atoms with Crippen LogP contribution in [0.2, 0.25) is 0 Å². The molecule has 1 nitrogen and oxygen atoms in total. The Bertz CT molecular complexity index is 108. The van der Waals surface area contributed by atoms with Gasteiger partial charge < -0.3 is 0 Å². The third-order valence-corrected chi connectivity index (χ3v) is 5.68. The third kappa shape index (κ3) is 4.57. The fourth-order valence-corrected chi connectivity index (χ4v) is 4.67. The fraction of sp³-hybridized carbons (Fsp3) is 1.00. The van der Waals surface area contributed by atoms with Crippen LogP contribution in [0.3, 0.4) is 0 Å². The van der Waals surface area contributed by atoms with Gasteiger partial charge in [0.15, 0.2) is 0 Å². The maximum absolute atomic E-state index is 12.0. The van der Waals surface area contributed by atoms with Crippen LogP contribution in [0.4, 0.5) is 0 Å². The molecule has 0 aromatic rings. The normalized spacial score (nSPS) is 13.4. The molecule has 0 aliphatic rings. The SMILES string of the molecule is CCC[SH](=O)(CCC)CCC. The molecule has 0 unspecified atom stereocenters. The molecule has 0 fully saturated rings. The van der Waals surface area contributed by atoms with Gasteiger partial charge in [-0.2, -0.15) is 0 Å². The van der Waals surface area contributed by atoms with Crippen LogP contribution in [-0.4, -0.2) is 21.5 Å². The van der Waals surface area contributed by atoms with Crippen molar-refractivity contribution < 1.29 is 4.21 Å². The predicted octanol–water partition coefficient (Wildman–Crippen LogP) is 2.23. The average molecular weight is 178 g/mol. The van der Waals surface area contributed by atoms with Crippen LogP contribution < -0.4 is 0 Å². The zero-order valence-corrected chi connectivity index (χ0v) is 8.99. The summed E-state index contributed by atoms with van der Waals surface area (Å²) in [6.07, 6.45) is 3.24. The van der Waals surface area contributed by atoms with Crippen LogP contribution in [0.25, 0.3) is 0 Å². The standard InChI is InChI=1S/C9H22OS/c1-4-7-11(10,8-5-2)9-6-3/h11H,4-9H2,1-3H3. The van der Waals surface area contributed by atoms with Crippen LogP contribution >= 0.6 is 0 Å². The van der Waals surface area contributed by atoms with Crippen molar-refractivity contribution in [1.82, 2.24) is 0 Å². The highest BCUT2D eigenvalue weighted by atomic mass is 32.2. The average Bonchev–Trinajstić information content (AvgIpc) is 1.88. The largest absolute Gasteiger partial charge is 0.285 e. The molecule has 11 heavy (non-hydrogen) atoms. The molecule has 0 heterocycles. The van der Waals surface area contributed by atoms with E-state index in [2.05, 4.69) is 20.8 Å². The second kappa shape index (κ2) is 5.76. The number of hydrogen-bond acceptors (Lipinski definition) is 1. The van der Waals surface area contributed by atoms with Gasteiger partial charge in [-0.15, -0.1) is 9.93 Å². The van der Waals surface area contributed by atoms with E-state index >= 15 is 0 Å². The van der Waals surface area contributed by atoms with E-state index in [-0.39, 0.29) is 0 Å². The molecule has 70 valence electrons. The zero-order valence-electron chi connectivity index (χ0n) is 8.10. The van der Waals surface area contributed by atoms with Gasteiger partial charge in [-0.1, -0.05) is 20.8 Å². The summed E-state index contributed by atoms with van der Waals surface area (Å²) in [5.41, 5.74) is 0. The summed E-state index contributed by atoms with van der Waals surface area (Å²) in [4.78, 5) is 0. The molecule has 0 atom stereocenters. The minimum Gasteiger partial charge on any atom is -0.285 e. The van der Waals surface area contributed by atoms with E-state index in [0.717, 1.165) is 36.5 Å². The number of rotatable bonds is 6. The summed E-state index contributed by atoms with van der Waals surface area (Å²) >= 11 is 0. The van der Waals surface area contributed by atoms with E-state index in [0.29, 0.717) is 0 Å². The lowest BCUT2D eigenvalue weighted by atomic mass is 10.6. The summed E-state index contributed by atoms with van der Waals surface area (Å²) < 4.78 is 12.0. The van der Waals surface area contributed by atoms with E-state index in [1.165, 1.54) is 0 Å². The smallest absolute Gasteiger partial charge is 0.00101 e. The van der Waals surface area contributed by atoms with Gasteiger partial charge in [0.1, 0.15) is 0 Å². The van der Waals surface area contributed by atoms with Crippen molar-refractivity contribution in [3.8, 4) is 0 Å². The highest BCUT2D eigenvalue weighted by Crippen LogP contribution is 2.09. The molecule has 0 aromatic heterocycles. The Morgan fingerprint density at radius 2 is 1.09 bits per heavy atom. The van der Waals surface area contributed by atoms with Gasteiger partial charge in [-0.25, -0.2) is 0 Å². The first-order valence-electron chi connectivity index (χ1n) is 4.75. The molecular weight excluding hydrogens is 156 g/mol. The van der Waals surface area contributed by atoms with Crippen molar-refractivity contribution in [2.75, 3.05) is 17.3 Å². The number of hydrogen-bond donors (Lipinski definition) is 1. The lowest BCUT2D eigenvalue weighted by Crippen LogP contribution is -2.23. The van der Waals surface area contributed by atoms with Gasteiger partial charge in [0, 0.05) is 17.3 Å². The summed E-state index contributed by atoms with van der Waals surface area (Å²) in [7, 11) is -1.72. The Hall–Kier alpha value is 0.150. The summed E-state index contributed by atoms with van der Waals surface area (Å²) in [6.45, 7) is 6.37. The van der Waals surface area contributed by atoms with Gasteiger partial charge in [-0.05, 0) is 19.3 Å². The summed E-state index contributed by atoms with van der Waals surface area (Å²) in [5.74, 6) is 2.90. The van der Waals surface area contributed by atoms with Crippen molar-refractivity contribution in [2.45, 2.75) is 40.0 Å². The van der Waals surface area contributed by atoms with Gasteiger partial charge in [-0.3, -0.25) is 4.21 Å². The van der Waals surface area contributed by atoms with Crippen molar-refractivity contribution >= 4 is 9.93 Å². The lowest BCUT2D eigenvalue weighted by molar-refractivity contribution is 0.665. The first kappa shape index (κ1) is 11.2. The van der Waals surface area contributed by atoms with Crippen molar-refractivity contribution in [3.63, 3.8) is 0 Å². The van der Waals surface area contributed by atoms with Crippen molar-refractivity contribution in [1.29, 1.82) is 0 Å². The van der Waals surface area contributed by atoms with E-state index in [4.69, 9.17) is 0 Å². The maximum Gasteiger partial charge on any atom is 0.00101 e. The van der Waals surface area contributed by atoms with Crippen LogP contribution in [0.5, 0.6) is 0 Å². The molecule has 0 aromatic carbocycles. The first-order chi connectivity index (χ1) is 5.18. The topological polar surface area (TPSA) is 17.1 Å². The van der Waals surface area contributed by atoms with Crippen molar-refractivity contribution in [3.05, 3.63) is 0 Å². The molecule has 2 heteroatoms. The van der Waals surface area contributed by atoms with Crippen LogP contribution in [0.1, 0.15) is 40.0 Å². The molecule has 0 saturated carbocycles. The Labute approximate surface area is 72.0 Å². The monoisotopic (exact) mass is 178 g/mol. The Morgan fingerprint density at radius 3 is 1.27 bits per heavy atom. The lowest BCUT2D eigenvalue weighted by Gasteiger charge is -2.21. The van der Waals surface area contributed by atoms with Gasteiger partial charge in [0.25, 0.3) is 0 Å². The second-order valence-corrected chi connectivity index (χ2v) is 6.69. The molecule has 0 saturated heterocycles. The zero-order chi connectivity index (χ0) is 8.74. The Morgan fingerprint density at radius 1 is 0.818 bits per heavy atom. The molecule has 0 aliphatic heterocycles. The highest BCUT2D eigenvalue weighted by Gasteiger charge is 2.10. The predicted molar refractivity (Wildman–Crippen MR) is 55.0 cm³/mol. The number of thiol groups is 1. The molecule has 0 aliphatic carbocycles. The molecule has 0 radical (unpaired) electrons. The van der Waals surface area contributed by atoms with Gasteiger partial charge in [0.2, 0.25) is 0 Å². The molecular formula is C9H22OS. The summed E-state index contributed by atoms with van der Waals surface area (Å²) in [6, 6.07) is 0. The Kier molecular flexibility index (Phi) is 5.83. The minimum atomic E-state index is -1.72. The van der Waals surface area contributed by atoms with Gasteiger partial charge in [0.05, 0.1) is 0 Å². The Balaban J connectivity index is 3.91. The van der Waals surface area contributed by atoms with Crippen LogP contribution in [-0.2, 0) is 9.93 Å². The first-order valence-corrected chi connectivity index (χ1v) is 7.02. The summed E-state index contributed by atoms with van der Waals surface area (Å²) in [5, 5.41) is 0. The van der Waals surface area contributed by atoms with Crippen LogP contribution in [0, 0.1) is 0 Å². The quantitative estimate of drug-likeness (QED) is 0.617. The van der Waals surface area contributed by atoms with E-state index in [9.17, 15) is 4.21 Å².